The fourth-order valence-electron chi connectivity index (χ4n) is 8.46. The van der Waals surface area contributed by atoms with Crippen LogP contribution in [-0.4, -0.2) is 90.9 Å². The maximum absolute atomic E-state index is 14.7. The van der Waals surface area contributed by atoms with E-state index >= 15 is 0 Å². The summed E-state index contributed by atoms with van der Waals surface area (Å²) in [6.45, 7) is 11.3. The second-order valence-corrected chi connectivity index (χ2v) is 18.8. The van der Waals surface area contributed by atoms with Gasteiger partial charge in [-0.1, -0.05) is 19.9 Å². The zero-order valence-electron chi connectivity index (χ0n) is 34.0. The SMILES string of the molecule is C=C[C@@H]1C[C@]1(NC(=O)[C@@H]1C[C@@H](Oc2c3ccc(OC)cc3nc3c2oc2cc(C)c(C)cc23)CN1C(=O)[C@@H](NC(=O)OC1CCCC1)C(C)C)C(=O)NS(=O)(=O)C1CC1. The number of benzene rings is 2. The normalized spacial score (nSPS) is 23.7. The van der Waals surface area contributed by atoms with Crippen molar-refractivity contribution in [1.82, 2.24) is 25.2 Å². The van der Waals surface area contributed by atoms with Gasteiger partial charge in [-0.2, -0.15) is 0 Å². The molecule has 3 saturated carbocycles. The Balaban J connectivity index is 1.14. The van der Waals surface area contributed by atoms with E-state index in [0.29, 0.717) is 51.9 Å². The molecule has 4 aromatic rings. The van der Waals surface area contributed by atoms with Crippen molar-refractivity contribution < 1.29 is 46.2 Å². The minimum Gasteiger partial charge on any atom is -0.497 e. The highest BCUT2D eigenvalue weighted by molar-refractivity contribution is 7.91. The van der Waals surface area contributed by atoms with Crippen molar-refractivity contribution in [3.05, 3.63) is 54.1 Å². The van der Waals surface area contributed by atoms with E-state index in [1.807, 2.05) is 32.0 Å². The van der Waals surface area contributed by atoms with E-state index in [2.05, 4.69) is 21.9 Å². The summed E-state index contributed by atoms with van der Waals surface area (Å²) in [5, 5.41) is 6.35. The van der Waals surface area contributed by atoms with Gasteiger partial charge in [0.05, 0.1) is 24.4 Å². The average Bonchev–Trinajstić information content (AvgIpc) is 4.03. The Bertz CT molecular complexity index is 2490. The minimum absolute atomic E-state index is 0.00829. The molecule has 4 amide bonds. The van der Waals surface area contributed by atoms with Gasteiger partial charge in [0.1, 0.15) is 46.7 Å². The van der Waals surface area contributed by atoms with Crippen LogP contribution in [-0.2, 0) is 29.1 Å². The molecular weight excluding hydrogens is 779 g/mol. The van der Waals surface area contributed by atoms with Crippen LogP contribution in [0.15, 0.2) is 47.4 Å². The molecule has 4 aliphatic rings. The molecule has 3 aliphatic carbocycles. The molecule has 0 unspecified atom stereocenters. The number of hydrogen-bond acceptors (Lipinski definition) is 11. The van der Waals surface area contributed by atoms with Crippen LogP contribution in [0.2, 0.25) is 0 Å². The number of methoxy groups -OCH3 is 1. The zero-order valence-corrected chi connectivity index (χ0v) is 34.8. The number of rotatable bonds is 13. The molecule has 0 bridgehead atoms. The lowest BCUT2D eigenvalue weighted by atomic mass is 10.0. The zero-order chi connectivity index (χ0) is 42.0. The summed E-state index contributed by atoms with van der Waals surface area (Å²) in [6, 6.07) is 7.12. The quantitative estimate of drug-likeness (QED) is 0.145. The number of aryl methyl sites for hydroxylation is 2. The molecule has 8 rings (SSSR count). The maximum Gasteiger partial charge on any atom is 0.408 e. The number of alkyl carbamates (subject to hydrolysis) is 1. The van der Waals surface area contributed by atoms with Gasteiger partial charge < -0.3 is 34.2 Å². The Morgan fingerprint density at radius 3 is 2.41 bits per heavy atom. The van der Waals surface area contributed by atoms with Crippen LogP contribution in [0.25, 0.3) is 33.0 Å². The molecule has 15 nitrogen and oxygen atoms in total. The highest BCUT2D eigenvalue weighted by Crippen LogP contribution is 2.46. The lowest BCUT2D eigenvalue weighted by Crippen LogP contribution is -2.59. The van der Waals surface area contributed by atoms with E-state index in [9.17, 15) is 27.6 Å². The molecule has 16 heteroatoms. The number of nitrogens with one attached hydrogen (secondary N) is 3. The molecular formula is C43H51N5O10S. The van der Waals surface area contributed by atoms with Crippen molar-refractivity contribution in [2.45, 2.75) is 114 Å². The van der Waals surface area contributed by atoms with E-state index < -0.39 is 74.7 Å². The summed E-state index contributed by atoms with van der Waals surface area (Å²) < 4.78 is 52.3. The number of pyridine rings is 1. The van der Waals surface area contributed by atoms with E-state index in [-0.39, 0.29) is 25.5 Å². The number of furan rings is 1. The van der Waals surface area contributed by atoms with Crippen LogP contribution < -0.4 is 24.8 Å². The summed E-state index contributed by atoms with van der Waals surface area (Å²) in [7, 11) is -2.36. The maximum atomic E-state index is 14.7. The van der Waals surface area contributed by atoms with Gasteiger partial charge in [0.15, 0.2) is 11.3 Å². The number of amides is 4. The summed E-state index contributed by atoms with van der Waals surface area (Å²) in [4.78, 5) is 62.3. The summed E-state index contributed by atoms with van der Waals surface area (Å²) >= 11 is 0. The molecule has 1 saturated heterocycles. The summed E-state index contributed by atoms with van der Waals surface area (Å²) in [5.41, 5.74) is 2.68. The van der Waals surface area contributed by atoms with Crippen LogP contribution in [0.4, 0.5) is 4.79 Å². The summed E-state index contributed by atoms with van der Waals surface area (Å²) in [6.07, 6.45) is 4.20. The number of aromatic nitrogens is 1. The topological polar surface area (TPSA) is 195 Å². The van der Waals surface area contributed by atoms with Gasteiger partial charge in [-0.3, -0.25) is 19.1 Å². The Morgan fingerprint density at radius 1 is 1.02 bits per heavy atom. The largest absolute Gasteiger partial charge is 0.497 e. The first kappa shape index (κ1) is 40.4. The Morgan fingerprint density at radius 2 is 1.75 bits per heavy atom. The van der Waals surface area contributed by atoms with Crippen molar-refractivity contribution in [2.75, 3.05) is 13.7 Å². The number of carbonyl (C=O) groups is 4. The van der Waals surface area contributed by atoms with Crippen LogP contribution in [0.3, 0.4) is 0 Å². The van der Waals surface area contributed by atoms with Crippen molar-refractivity contribution in [3.63, 3.8) is 0 Å². The first-order valence-electron chi connectivity index (χ1n) is 20.4. The minimum atomic E-state index is -3.92. The monoisotopic (exact) mass is 829 g/mol. The third-order valence-corrected chi connectivity index (χ3v) is 14.1. The number of nitrogens with zero attached hydrogens (tertiary/aromatic N) is 2. The number of sulfonamides is 1. The number of ether oxygens (including phenoxy) is 3. The molecule has 0 spiro atoms. The Hall–Kier alpha value is -5.38. The lowest BCUT2D eigenvalue weighted by molar-refractivity contribution is -0.141. The second kappa shape index (κ2) is 15.3. The molecule has 5 atom stereocenters. The third-order valence-electron chi connectivity index (χ3n) is 12.3. The van der Waals surface area contributed by atoms with Gasteiger partial charge in [0, 0.05) is 29.2 Å². The molecule has 314 valence electrons. The molecule has 4 fully saturated rings. The predicted molar refractivity (Wildman–Crippen MR) is 219 cm³/mol. The van der Waals surface area contributed by atoms with Crippen molar-refractivity contribution >= 4 is 66.8 Å². The fourth-order valence-corrected chi connectivity index (χ4v) is 9.82. The molecule has 59 heavy (non-hydrogen) atoms. The molecule has 2 aromatic carbocycles. The standard InChI is InChI=1S/C43H51N5O10S/c1-7-25-20-43(25,41(51)47-59(53,54)29-13-14-29)46-39(49)33-19-28(21-48(33)40(50)35(22(2)3)45-42(52)57-26-10-8-9-11-26)56-37-30-15-12-27(55-6)18-32(30)44-36-31-16-23(4)24(5)17-34(31)58-38(36)37/h7,12,15-18,22,25-26,28-29,33,35H,1,8-11,13-14,19-21H2,2-6H3,(H,45,52)(H,46,49)(H,47,51)/t25-,28-,33+,35+,43-/m1/s1. The van der Waals surface area contributed by atoms with Gasteiger partial charge in [0.25, 0.3) is 5.91 Å². The predicted octanol–water partition coefficient (Wildman–Crippen LogP) is 5.47. The van der Waals surface area contributed by atoms with Crippen LogP contribution >= 0.6 is 0 Å². The van der Waals surface area contributed by atoms with Crippen LogP contribution in [0, 0.1) is 25.7 Å². The highest BCUT2D eigenvalue weighted by Gasteiger charge is 2.62. The van der Waals surface area contributed by atoms with Crippen molar-refractivity contribution in [3.8, 4) is 11.5 Å². The molecule has 1 aliphatic heterocycles. The summed E-state index contributed by atoms with van der Waals surface area (Å²) in [5.74, 6) is -2.04. The Labute approximate surface area is 342 Å². The number of likely N-dealkylation sites (tertiary alicyclic amines) is 1. The molecule has 0 radical (unpaired) electrons. The Kier molecular flexibility index (Phi) is 10.5. The van der Waals surface area contributed by atoms with E-state index in [1.54, 1.807) is 33.1 Å². The smallest absolute Gasteiger partial charge is 0.408 e. The number of carbonyl (C=O) groups excluding carboxylic acids is 4. The van der Waals surface area contributed by atoms with Crippen LogP contribution in [0.1, 0.15) is 76.3 Å². The van der Waals surface area contributed by atoms with E-state index in [0.717, 1.165) is 42.2 Å². The lowest BCUT2D eigenvalue weighted by Gasteiger charge is -2.31. The average molecular weight is 830 g/mol. The molecule has 3 heterocycles. The first-order chi connectivity index (χ1) is 28.1. The molecule has 2 aromatic heterocycles. The van der Waals surface area contributed by atoms with Gasteiger partial charge in [0.2, 0.25) is 21.8 Å². The van der Waals surface area contributed by atoms with E-state index in [1.165, 1.54) is 11.0 Å². The fraction of sp³-hybridized carbons (Fsp3) is 0.512. The van der Waals surface area contributed by atoms with Gasteiger partial charge >= 0.3 is 6.09 Å². The van der Waals surface area contributed by atoms with Gasteiger partial charge in [-0.05, 0) is 100 Å². The number of fused-ring (bicyclic) bond motifs is 4. The first-order valence-corrected chi connectivity index (χ1v) is 21.9. The van der Waals surface area contributed by atoms with Gasteiger partial charge in [-0.15, -0.1) is 6.58 Å². The highest BCUT2D eigenvalue weighted by atomic mass is 32.2. The second-order valence-electron chi connectivity index (χ2n) is 16.9. The third kappa shape index (κ3) is 7.67. The van der Waals surface area contributed by atoms with Gasteiger partial charge in [-0.25, -0.2) is 18.2 Å². The van der Waals surface area contributed by atoms with Crippen LogP contribution in [0.5, 0.6) is 11.5 Å². The van der Waals surface area contributed by atoms with Crippen molar-refractivity contribution in [1.29, 1.82) is 0 Å². The molecule has 3 N–H and O–H groups in total. The van der Waals surface area contributed by atoms with Crippen molar-refractivity contribution in [2.24, 2.45) is 11.8 Å². The van der Waals surface area contributed by atoms with E-state index in [4.69, 9.17) is 23.6 Å². The number of hydrogen-bond donors (Lipinski definition) is 3.